The van der Waals surface area contributed by atoms with Gasteiger partial charge in [-0.15, -0.1) is 0 Å². The molecule has 0 spiro atoms. The lowest BCUT2D eigenvalue weighted by atomic mass is 10.2. The number of nitrogens with one attached hydrogen (secondary N) is 2. The maximum absolute atomic E-state index is 13.5. The van der Waals surface area contributed by atoms with Crippen molar-refractivity contribution in [2.75, 3.05) is 17.2 Å². The first kappa shape index (κ1) is 13.5. The quantitative estimate of drug-likeness (QED) is 0.836. The first-order valence-electron chi connectivity index (χ1n) is 6.32. The summed E-state index contributed by atoms with van der Waals surface area (Å²) in [6, 6.07) is 1.70. The monoisotopic (exact) mass is 296 g/mol. The number of hydrogen-bond donors (Lipinski definition) is 2. The molecule has 110 valence electrons. The van der Waals surface area contributed by atoms with E-state index in [1.807, 2.05) is 0 Å². The number of aryl methyl sites for hydroxylation is 1. The lowest BCUT2D eigenvalue weighted by Gasteiger charge is -2.14. The molecular weight excluding hydrogens is 285 g/mol. The van der Waals surface area contributed by atoms with Gasteiger partial charge in [-0.25, -0.2) is 18.2 Å². The third kappa shape index (κ3) is 2.44. The third-order valence-corrected chi connectivity index (χ3v) is 3.15. The highest BCUT2D eigenvalue weighted by Gasteiger charge is 2.19. The minimum Gasteiger partial charge on any atom is -0.356 e. The van der Waals surface area contributed by atoms with Crippen LogP contribution in [-0.2, 0) is 6.54 Å². The second kappa shape index (κ2) is 5.12. The minimum absolute atomic E-state index is 0.0727. The van der Waals surface area contributed by atoms with E-state index in [-0.39, 0.29) is 5.69 Å². The summed E-state index contributed by atoms with van der Waals surface area (Å²) in [6.07, 6.45) is 2.43. The first-order chi connectivity index (χ1) is 10.1. The van der Waals surface area contributed by atoms with Crippen molar-refractivity contribution < 1.29 is 18.0 Å². The molecule has 8 heteroatoms. The van der Waals surface area contributed by atoms with Crippen molar-refractivity contribution in [1.29, 1.82) is 0 Å². The number of carbonyl (C=O) groups is 1. The molecule has 1 aromatic carbocycles. The Kier molecular flexibility index (Phi) is 3.28. The number of halogens is 3. The Morgan fingerprint density at radius 3 is 2.86 bits per heavy atom. The Labute approximate surface area is 117 Å². The zero-order chi connectivity index (χ0) is 15.0. The molecule has 2 aromatic rings. The summed E-state index contributed by atoms with van der Waals surface area (Å²) >= 11 is 0. The molecule has 0 saturated heterocycles. The van der Waals surface area contributed by atoms with Crippen LogP contribution in [0.25, 0.3) is 0 Å². The van der Waals surface area contributed by atoms with Gasteiger partial charge in [0.05, 0.1) is 5.69 Å². The fourth-order valence-corrected chi connectivity index (χ4v) is 2.10. The number of fused-ring (bicyclic) bond motifs is 1. The predicted octanol–water partition coefficient (Wildman–Crippen LogP) is 2.37. The Hall–Kier alpha value is -2.51. The van der Waals surface area contributed by atoms with Gasteiger partial charge in [-0.3, -0.25) is 4.79 Å². The summed E-state index contributed by atoms with van der Waals surface area (Å²) in [4.78, 5) is 16.0. The number of amides is 1. The van der Waals surface area contributed by atoms with E-state index in [9.17, 15) is 18.0 Å². The summed E-state index contributed by atoms with van der Waals surface area (Å²) in [7, 11) is 0. The summed E-state index contributed by atoms with van der Waals surface area (Å²) in [5.74, 6) is -4.52. The Morgan fingerprint density at radius 2 is 2.10 bits per heavy atom. The van der Waals surface area contributed by atoms with Gasteiger partial charge in [0.25, 0.3) is 5.91 Å². The number of hydrogen-bond acceptors (Lipinski definition) is 3. The molecule has 5 nitrogen and oxygen atoms in total. The van der Waals surface area contributed by atoms with E-state index in [4.69, 9.17) is 0 Å². The highest BCUT2D eigenvalue weighted by molar-refractivity contribution is 6.03. The van der Waals surface area contributed by atoms with Crippen LogP contribution in [0, 0.1) is 17.5 Å². The molecule has 2 heterocycles. The van der Waals surface area contributed by atoms with Crippen molar-refractivity contribution in [2.45, 2.75) is 13.0 Å². The van der Waals surface area contributed by atoms with Crippen LogP contribution in [-0.4, -0.2) is 22.0 Å². The number of rotatable bonds is 2. The molecular formula is C13H11F3N4O. The number of aromatic nitrogens is 2. The van der Waals surface area contributed by atoms with Gasteiger partial charge in [0.1, 0.15) is 5.69 Å². The lowest BCUT2D eigenvalue weighted by Crippen LogP contribution is -2.16. The Bertz CT molecular complexity index is 690. The number of imidazole rings is 1. The Morgan fingerprint density at radius 1 is 1.29 bits per heavy atom. The van der Waals surface area contributed by atoms with Crippen LogP contribution in [0.4, 0.5) is 24.8 Å². The fourth-order valence-electron chi connectivity index (χ4n) is 2.10. The summed E-state index contributed by atoms with van der Waals surface area (Å²) in [5.41, 5.74) is -0.360. The topological polar surface area (TPSA) is 59.0 Å². The van der Waals surface area contributed by atoms with Crippen LogP contribution in [0.15, 0.2) is 18.3 Å². The summed E-state index contributed by atoms with van der Waals surface area (Å²) in [6.45, 7) is 1.48. The zero-order valence-electron chi connectivity index (χ0n) is 10.8. The van der Waals surface area contributed by atoms with Crippen molar-refractivity contribution >= 4 is 17.5 Å². The Balaban J connectivity index is 1.83. The third-order valence-electron chi connectivity index (χ3n) is 3.15. The number of carbonyl (C=O) groups excluding carboxylic acids is 1. The van der Waals surface area contributed by atoms with E-state index in [0.717, 1.165) is 31.6 Å². The average Bonchev–Trinajstić information content (AvgIpc) is 2.92. The number of nitrogens with zero attached hydrogens (tertiary/aromatic N) is 2. The van der Waals surface area contributed by atoms with Gasteiger partial charge >= 0.3 is 0 Å². The highest BCUT2D eigenvalue weighted by Crippen LogP contribution is 2.21. The molecule has 0 unspecified atom stereocenters. The smallest absolute Gasteiger partial charge is 0.276 e. The molecule has 1 amide bonds. The van der Waals surface area contributed by atoms with E-state index >= 15 is 0 Å². The molecule has 0 aliphatic carbocycles. The molecule has 21 heavy (non-hydrogen) atoms. The van der Waals surface area contributed by atoms with Gasteiger partial charge in [-0.2, -0.15) is 0 Å². The van der Waals surface area contributed by atoms with Crippen LogP contribution < -0.4 is 10.6 Å². The van der Waals surface area contributed by atoms with Gasteiger partial charge in [0.2, 0.25) is 5.95 Å². The van der Waals surface area contributed by atoms with Crippen molar-refractivity contribution in [3.63, 3.8) is 0 Å². The first-order valence-corrected chi connectivity index (χ1v) is 6.32. The molecule has 1 aliphatic rings. The van der Waals surface area contributed by atoms with Crippen molar-refractivity contribution in [2.24, 2.45) is 0 Å². The second-order valence-corrected chi connectivity index (χ2v) is 4.60. The van der Waals surface area contributed by atoms with E-state index in [0.29, 0.717) is 5.95 Å². The van der Waals surface area contributed by atoms with Crippen LogP contribution in [0.3, 0.4) is 0 Å². The van der Waals surface area contributed by atoms with Crippen LogP contribution in [0.2, 0.25) is 0 Å². The van der Waals surface area contributed by atoms with Gasteiger partial charge in [0, 0.05) is 19.3 Å². The maximum Gasteiger partial charge on any atom is 0.276 e. The molecule has 0 atom stereocenters. The summed E-state index contributed by atoms with van der Waals surface area (Å²) in [5, 5.41) is 5.20. The average molecular weight is 296 g/mol. The largest absolute Gasteiger partial charge is 0.356 e. The van der Waals surface area contributed by atoms with E-state index in [2.05, 4.69) is 15.6 Å². The lowest BCUT2D eigenvalue weighted by molar-refractivity contribution is 0.102. The maximum atomic E-state index is 13.5. The van der Waals surface area contributed by atoms with Crippen LogP contribution in [0.5, 0.6) is 0 Å². The summed E-state index contributed by atoms with van der Waals surface area (Å²) < 4.78 is 41.2. The molecule has 2 N–H and O–H groups in total. The van der Waals surface area contributed by atoms with E-state index < -0.39 is 29.0 Å². The molecule has 0 saturated carbocycles. The van der Waals surface area contributed by atoms with Crippen LogP contribution in [0.1, 0.15) is 16.9 Å². The van der Waals surface area contributed by atoms with Gasteiger partial charge in [0.15, 0.2) is 17.5 Å². The molecule has 3 rings (SSSR count). The molecule has 0 radical (unpaired) electrons. The van der Waals surface area contributed by atoms with E-state index in [1.165, 1.54) is 6.20 Å². The van der Waals surface area contributed by atoms with Crippen molar-refractivity contribution in [3.05, 3.63) is 41.5 Å². The van der Waals surface area contributed by atoms with Gasteiger partial charge in [-0.05, 0) is 18.6 Å². The second-order valence-electron chi connectivity index (χ2n) is 4.60. The number of benzene rings is 1. The van der Waals surface area contributed by atoms with Crippen molar-refractivity contribution in [3.8, 4) is 0 Å². The molecule has 0 bridgehead atoms. The molecule has 0 fully saturated rings. The fraction of sp³-hybridized carbons (Fsp3) is 0.231. The van der Waals surface area contributed by atoms with E-state index in [1.54, 1.807) is 4.57 Å². The molecule has 1 aromatic heterocycles. The standard InChI is InChI=1S/C13H11F3N4O/c14-7-2-3-8(11(16)10(7)15)18-12(21)9-6-20-5-1-4-17-13(20)19-9/h2-3,6H,1,4-5H2,(H,17,19)(H,18,21). The number of anilines is 2. The van der Waals surface area contributed by atoms with Crippen molar-refractivity contribution in [1.82, 2.24) is 9.55 Å². The van der Waals surface area contributed by atoms with Gasteiger partial charge < -0.3 is 15.2 Å². The SMILES string of the molecule is O=C(Nc1ccc(F)c(F)c1F)c1cn2c(n1)NCCC2. The highest BCUT2D eigenvalue weighted by atomic mass is 19.2. The zero-order valence-corrected chi connectivity index (χ0v) is 10.8. The minimum atomic E-state index is -1.63. The van der Waals surface area contributed by atoms with Gasteiger partial charge in [-0.1, -0.05) is 0 Å². The normalized spacial score (nSPS) is 13.5. The molecule has 1 aliphatic heterocycles. The van der Waals surface area contributed by atoms with Crippen LogP contribution >= 0.6 is 0 Å². The predicted molar refractivity (Wildman–Crippen MR) is 69.6 cm³/mol.